The van der Waals surface area contributed by atoms with Crippen LogP contribution in [0, 0.1) is 5.92 Å². The van der Waals surface area contributed by atoms with Crippen molar-refractivity contribution in [2.45, 2.75) is 38.3 Å². The first-order chi connectivity index (χ1) is 9.83. The number of benzene rings is 1. The van der Waals surface area contributed by atoms with E-state index in [9.17, 15) is 0 Å². The molecule has 0 amide bonds. The van der Waals surface area contributed by atoms with Crippen molar-refractivity contribution in [3.63, 3.8) is 0 Å². The molecule has 0 bridgehead atoms. The Morgan fingerprint density at radius 1 is 1.15 bits per heavy atom. The lowest BCUT2D eigenvalue weighted by atomic mass is 10.00. The lowest BCUT2D eigenvalue weighted by Gasteiger charge is -2.34. The molecule has 2 aliphatic heterocycles. The number of piperidine rings is 1. The molecule has 0 radical (unpaired) electrons. The van der Waals surface area contributed by atoms with E-state index < -0.39 is 0 Å². The summed E-state index contributed by atoms with van der Waals surface area (Å²) in [5, 5.41) is 3.76. The quantitative estimate of drug-likeness (QED) is 0.913. The van der Waals surface area contributed by atoms with E-state index in [2.05, 4.69) is 47.5 Å². The fourth-order valence-corrected chi connectivity index (χ4v) is 3.34. The third kappa shape index (κ3) is 3.33. The number of hydrogen-bond donors (Lipinski definition) is 1. The Bertz CT molecular complexity index is 401. The van der Waals surface area contributed by atoms with Gasteiger partial charge in [0.2, 0.25) is 0 Å². The molecule has 3 rings (SSSR count). The Kier molecular flexibility index (Phi) is 4.58. The van der Waals surface area contributed by atoms with E-state index >= 15 is 0 Å². The second kappa shape index (κ2) is 6.59. The number of rotatable bonds is 4. The Morgan fingerprint density at radius 2 is 1.90 bits per heavy atom. The SMILES string of the molecule is CC1OCCC1CNC1CCN(c2ccccc2)CC1. The molecule has 1 aromatic rings. The molecular formula is C17H26N2O. The summed E-state index contributed by atoms with van der Waals surface area (Å²) in [5.41, 5.74) is 1.36. The maximum absolute atomic E-state index is 5.63. The molecule has 2 aliphatic rings. The number of anilines is 1. The Labute approximate surface area is 122 Å². The van der Waals surface area contributed by atoms with Gasteiger partial charge < -0.3 is 15.0 Å². The third-order valence-electron chi connectivity index (χ3n) is 4.82. The molecule has 1 N–H and O–H groups in total. The number of para-hydroxylation sites is 1. The van der Waals surface area contributed by atoms with E-state index in [0.29, 0.717) is 18.1 Å². The van der Waals surface area contributed by atoms with Crippen molar-refractivity contribution >= 4 is 5.69 Å². The van der Waals surface area contributed by atoms with Gasteiger partial charge in [0.1, 0.15) is 0 Å². The largest absolute Gasteiger partial charge is 0.378 e. The van der Waals surface area contributed by atoms with Crippen molar-refractivity contribution in [3.05, 3.63) is 30.3 Å². The van der Waals surface area contributed by atoms with Crippen molar-refractivity contribution in [1.29, 1.82) is 0 Å². The van der Waals surface area contributed by atoms with E-state index in [1.165, 1.54) is 38.0 Å². The summed E-state index contributed by atoms with van der Waals surface area (Å²) in [7, 11) is 0. The number of nitrogens with zero attached hydrogens (tertiary/aromatic N) is 1. The topological polar surface area (TPSA) is 24.5 Å². The molecule has 2 atom stereocenters. The van der Waals surface area contributed by atoms with Gasteiger partial charge >= 0.3 is 0 Å². The molecular weight excluding hydrogens is 248 g/mol. The van der Waals surface area contributed by atoms with Crippen LogP contribution in [0.15, 0.2) is 30.3 Å². The molecule has 2 saturated heterocycles. The molecule has 0 spiro atoms. The Balaban J connectivity index is 1.42. The van der Waals surface area contributed by atoms with E-state index in [0.717, 1.165) is 13.2 Å². The van der Waals surface area contributed by atoms with Gasteiger partial charge in [0.25, 0.3) is 0 Å². The van der Waals surface area contributed by atoms with Gasteiger partial charge in [0.15, 0.2) is 0 Å². The van der Waals surface area contributed by atoms with Crippen molar-refractivity contribution in [2.24, 2.45) is 5.92 Å². The van der Waals surface area contributed by atoms with Gasteiger partial charge in [-0.05, 0) is 44.2 Å². The molecule has 0 saturated carbocycles. The monoisotopic (exact) mass is 274 g/mol. The van der Waals surface area contributed by atoms with E-state index in [1.54, 1.807) is 0 Å². The van der Waals surface area contributed by atoms with Gasteiger partial charge in [-0.15, -0.1) is 0 Å². The van der Waals surface area contributed by atoms with E-state index in [1.807, 2.05) is 0 Å². The summed E-state index contributed by atoms with van der Waals surface area (Å²) in [6.45, 7) is 6.60. The van der Waals surface area contributed by atoms with Gasteiger partial charge in [-0.2, -0.15) is 0 Å². The molecule has 0 aliphatic carbocycles. The number of nitrogens with one attached hydrogen (secondary N) is 1. The highest BCUT2D eigenvalue weighted by atomic mass is 16.5. The van der Waals surface area contributed by atoms with Crippen molar-refractivity contribution < 1.29 is 4.74 Å². The van der Waals surface area contributed by atoms with Crippen molar-refractivity contribution in [2.75, 3.05) is 31.1 Å². The predicted octanol–water partition coefficient (Wildman–Crippen LogP) is 2.67. The van der Waals surface area contributed by atoms with Gasteiger partial charge in [-0.3, -0.25) is 0 Å². The minimum atomic E-state index is 0.437. The second-order valence-electron chi connectivity index (χ2n) is 6.13. The average Bonchev–Trinajstić information content (AvgIpc) is 2.92. The lowest BCUT2D eigenvalue weighted by molar-refractivity contribution is 0.104. The van der Waals surface area contributed by atoms with Crippen LogP contribution in [-0.2, 0) is 4.74 Å². The molecule has 0 aromatic heterocycles. The van der Waals surface area contributed by atoms with Crippen LogP contribution in [0.1, 0.15) is 26.2 Å². The van der Waals surface area contributed by atoms with Crippen molar-refractivity contribution in [3.8, 4) is 0 Å². The summed E-state index contributed by atoms with van der Waals surface area (Å²) in [4.78, 5) is 2.50. The first-order valence-corrected chi connectivity index (χ1v) is 7.98. The van der Waals surface area contributed by atoms with E-state index in [4.69, 9.17) is 4.74 Å². The van der Waals surface area contributed by atoms with E-state index in [-0.39, 0.29) is 0 Å². The first-order valence-electron chi connectivity index (χ1n) is 7.98. The van der Waals surface area contributed by atoms with Crippen LogP contribution < -0.4 is 10.2 Å². The van der Waals surface area contributed by atoms with Crippen molar-refractivity contribution in [1.82, 2.24) is 5.32 Å². The summed E-state index contributed by atoms with van der Waals surface area (Å²) >= 11 is 0. The van der Waals surface area contributed by atoms with Crippen LogP contribution in [-0.4, -0.2) is 38.4 Å². The summed E-state index contributed by atoms with van der Waals surface area (Å²) in [5.74, 6) is 0.710. The van der Waals surface area contributed by atoms with Crippen LogP contribution in [0.2, 0.25) is 0 Å². The highest BCUT2D eigenvalue weighted by molar-refractivity contribution is 5.46. The lowest BCUT2D eigenvalue weighted by Crippen LogP contribution is -2.44. The second-order valence-corrected chi connectivity index (χ2v) is 6.13. The predicted molar refractivity (Wildman–Crippen MR) is 83.2 cm³/mol. The van der Waals surface area contributed by atoms with Gasteiger partial charge in [-0.25, -0.2) is 0 Å². The molecule has 110 valence electrons. The van der Waals surface area contributed by atoms with Crippen LogP contribution in [0.25, 0.3) is 0 Å². The highest BCUT2D eigenvalue weighted by Crippen LogP contribution is 2.22. The third-order valence-corrected chi connectivity index (χ3v) is 4.82. The Hall–Kier alpha value is -1.06. The number of ether oxygens (including phenoxy) is 1. The smallest absolute Gasteiger partial charge is 0.0588 e. The van der Waals surface area contributed by atoms with Gasteiger partial charge in [-0.1, -0.05) is 18.2 Å². The molecule has 2 unspecified atom stereocenters. The molecule has 2 fully saturated rings. The van der Waals surface area contributed by atoms with Crippen LogP contribution >= 0.6 is 0 Å². The van der Waals surface area contributed by atoms with Crippen LogP contribution in [0.4, 0.5) is 5.69 Å². The Morgan fingerprint density at radius 3 is 2.55 bits per heavy atom. The molecule has 3 heteroatoms. The molecule has 3 nitrogen and oxygen atoms in total. The standard InChI is InChI=1S/C17H26N2O/c1-14-15(9-12-20-14)13-18-16-7-10-19(11-8-16)17-5-3-2-4-6-17/h2-6,14-16,18H,7-13H2,1H3. The molecule has 2 heterocycles. The normalized spacial score (nSPS) is 27.9. The highest BCUT2D eigenvalue weighted by Gasteiger charge is 2.26. The van der Waals surface area contributed by atoms with Crippen LogP contribution in [0.5, 0.6) is 0 Å². The summed E-state index contributed by atoms with van der Waals surface area (Å²) in [6.07, 6.45) is 4.15. The summed E-state index contributed by atoms with van der Waals surface area (Å²) in [6, 6.07) is 11.4. The molecule has 1 aromatic carbocycles. The minimum absolute atomic E-state index is 0.437. The zero-order valence-electron chi connectivity index (χ0n) is 12.4. The molecule has 20 heavy (non-hydrogen) atoms. The average molecular weight is 274 g/mol. The fourth-order valence-electron chi connectivity index (χ4n) is 3.34. The summed E-state index contributed by atoms with van der Waals surface area (Å²) < 4.78 is 5.63. The maximum Gasteiger partial charge on any atom is 0.0588 e. The number of hydrogen-bond acceptors (Lipinski definition) is 3. The minimum Gasteiger partial charge on any atom is -0.378 e. The zero-order chi connectivity index (χ0) is 13.8. The first kappa shape index (κ1) is 13.9. The van der Waals surface area contributed by atoms with Crippen LogP contribution in [0.3, 0.4) is 0 Å². The zero-order valence-corrected chi connectivity index (χ0v) is 12.4. The maximum atomic E-state index is 5.63. The van der Waals surface area contributed by atoms with Gasteiger partial charge in [0.05, 0.1) is 6.10 Å². The fraction of sp³-hybridized carbons (Fsp3) is 0.647. The van der Waals surface area contributed by atoms with Gasteiger partial charge in [0, 0.05) is 38.0 Å².